The third-order valence-corrected chi connectivity index (χ3v) is 8.56. The zero-order valence-corrected chi connectivity index (χ0v) is 19.4. The van der Waals surface area contributed by atoms with Crippen LogP contribution in [-0.2, 0) is 14.8 Å². The molecule has 0 spiro atoms. The molecule has 0 saturated carbocycles. The molecule has 1 amide bonds. The summed E-state index contributed by atoms with van der Waals surface area (Å²) in [7, 11) is -3.50. The van der Waals surface area contributed by atoms with Gasteiger partial charge < -0.3 is 4.42 Å². The number of benzene rings is 1. The van der Waals surface area contributed by atoms with E-state index in [1.807, 2.05) is 6.92 Å². The maximum atomic E-state index is 13.2. The lowest BCUT2D eigenvalue weighted by Crippen LogP contribution is -2.47. The molecular weight excluding hydrogens is 452 g/mol. The van der Waals surface area contributed by atoms with Crippen LogP contribution in [0, 0.1) is 5.92 Å². The van der Waals surface area contributed by atoms with Crippen molar-refractivity contribution in [2.24, 2.45) is 5.92 Å². The Morgan fingerprint density at radius 1 is 1.19 bits per heavy atom. The highest BCUT2D eigenvalue weighted by Crippen LogP contribution is 2.30. The van der Waals surface area contributed by atoms with Gasteiger partial charge in [-0.2, -0.15) is 4.31 Å². The van der Waals surface area contributed by atoms with Gasteiger partial charge in [0.15, 0.2) is 0 Å². The number of carbonyl (C=O) groups is 1. The van der Waals surface area contributed by atoms with Crippen LogP contribution in [0.5, 0.6) is 0 Å². The number of allylic oxidation sites excluding steroid dienone is 1. The number of sulfonamides is 1. The first-order valence-electron chi connectivity index (χ1n) is 10.6. The molecule has 1 N–H and O–H groups in total. The second-order valence-corrected chi connectivity index (χ2v) is 10.7. The van der Waals surface area contributed by atoms with Crippen LogP contribution in [-0.4, -0.2) is 46.7 Å². The molecule has 1 saturated heterocycles. The molecule has 1 fully saturated rings. The van der Waals surface area contributed by atoms with E-state index in [0.717, 1.165) is 19.3 Å². The first kappa shape index (κ1) is 22.7. The van der Waals surface area contributed by atoms with Crippen LogP contribution < -0.4 is 5.32 Å². The Labute approximate surface area is 192 Å². The van der Waals surface area contributed by atoms with Gasteiger partial charge in [0, 0.05) is 28.7 Å². The standard InChI is InChI=1S/C22H25ClN4O4S/c1-14-13-17(8-11-19(14)32(29,30)27-12-4-3-5-15(27)2)20(28)24-22-26-25-21(31-22)16-6-9-18(23)10-7-16/h6-11,13-15,19H,3-5,12H2,1-2H3,(H,24,26,28)/t14?,15-,19?/m1/s1. The molecule has 32 heavy (non-hydrogen) atoms. The molecule has 1 aromatic heterocycles. The molecule has 2 aromatic rings. The van der Waals surface area contributed by atoms with E-state index < -0.39 is 21.2 Å². The summed E-state index contributed by atoms with van der Waals surface area (Å²) in [5, 5.41) is 10.3. The zero-order valence-electron chi connectivity index (χ0n) is 17.9. The van der Waals surface area contributed by atoms with Gasteiger partial charge in [-0.05, 0) is 49.9 Å². The van der Waals surface area contributed by atoms with E-state index >= 15 is 0 Å². The molecule has 3 atom stereocenters. The van der Waals surface area contributed by atoms with Gasteiger partial charge in [-0.1, -0.05) is 48.3 Å². The van der Waals surface area contributed by atoms with E-state index in [2.05, 4.69) is 15.5 Å². The number of nitrogens with zero attached hydrogens (tertiary/aromatic N) is 3. The van der Waals surface area contributed by atoms with Crippen LogP contribution in [0.15, 0.2) is 52.5 Å². The van der Waals surface area contributed by atoms with Crippen LogP contribution in [0.3, 0.4) is 0 Å². The number of amides is 1. The third-order valence-electron chi connectivity index (χ3n) is 5.84. The second kappa shape index (κ2) is 9.17. The highest BCUT2D eigenvalue weighted by atomic mass is 35.5. The van der Waals surface area contributed by atoms with E-state index in [9.17, 15) is 13.2 Å². The number of hydrogen-bond donors (Lipinski definition) is 1. The van der Waals surface area contributed by atoms with Crippen molar-refractivity contribution < 1.29 is 17.6 Å². The van der Waals surface area contributed by atoms with Crippen molar-refractivity contribution in [2.45, 2.75) is 44.4 Å². The minimum Gasteiger partial charge on any atom is -0.403 e. The van der Waals surface area contributed by atoms with E-state index in [0.29, 0.717) is 22.7 Å². The summed E-state index contributed by atoms with van der Waals surface area (Å²) >= 11 is 5.88. The molecule has 2 unspecified atom stereocenters. The molecule has 0 bridgehead atoms. The van der Waals surface area contributed by atoms with Gasteiger partial charge in [0.2, 0.25) is 15.9 Å². The fourth-order valence-electron chi connectivity index (χ4n) is 4.09. The highest BCUT2D eigenvalue weighted by Gasteiger charge is 2.38. The Morgan fingerprint density at radius 2 is 1.94 bits per heavy atom. The van der Waals surface area contributed by atoms with E-state index in [-0.39, 0.29) is 23.9 Å². The van der Waals surface area contributed by atoms with Crippen molar-refractivity contribution in [2.75, 3.05) is 11.9 Å². The smallest absolute Gasteiger partial charge is 0.322 e. The topological polar surface area (TPSA) is 105 Å². The normalized spacial score (nSPS) is 24.2. The van der Waals surface area contributed by atoms with E-state index in [4.69, 9.17) is 16.0 Å². The summed E-state index contributed by atoms with van der Waals surface area (Å²) in [4.78, 5) is 12.7. The minimum atomic E-state index is -3.50. The molecule has 4 rings (SSSR count). The van der Waals surface area contributed by atoms with Crippen LogP contribution in [0.4, 0.5) is 6.01 Å². The molecule has 2 aliphatic rings. The largest absolute Gasteiger partial charge is 0.403 e. The summed E-state index contributed by atoms with van der Waals surface area (Å²) in [5.41, 5.74) is 1.02. The van der Waals surface area contributed by atoms with Crippen molar-refractivity contribution in [3.8, 4) is 11.5 Å². The lowest BCUT2D eigenvalue weighted by atomic mass is 9.97. The Hall–Kier alpha value is -2.49. The Kier molecular flexibility index (Phi) is 6.50. The summed E-state index contributed by atoms with van der Waals surface area (Å²) in [6.07, 6.45) is 7.60. The van der Waals surface area contributed by atoms with Crippen molar-refractivity contribution in [3.05, 3.63) is 53.1 Å². The van der Waals surface area contributed by atoms with Gasteiger partial charge in [0.25, 0.3) is 5.91 Å². The average molecular weight is 477 g/mol. The number of aromatic nitrogens is 2. The first-order chi connectivity index (χ1) is 15.3. The molecule has 1 aliphatic carbocycles. The van der Waals surface area contributed by atoms with Crippen LogP contribution in [0.2, 0.25) is 5.02 Å². The molecule has 8 nitrogen and oxygen atoms in total. The maximum absolute atomic E-state index is 13.2. The summed E-state index contributed by atoms with van der Waals surface area (Å²) < 4.78 is 33.5. The molecule has 10 heteroatoms. The number of anilines is 1. The molecule has 1 aliphatic heterocycles. The first-order valence-corrected chi connectivity index (χ1v) is 12.5. The second-order valence-electron chi connectivity index (χ2n) is 8.18. The van der Waals surface area contributed by atoms with Gasteiger partial charge in [-0.3, -0.25) is 10.1 Å². The molecule has 0 radical (unpaired) electrons. The quantitative estimate of drug-likeness (QED) is 0.698. The summed E-state index contributed by atoms with van der Waals surface area (Å²) in [6.45, 7) is 4.30. The van der Waals surface area contributed by atoms with Crippen LogP contribution in [0.1, 0.15) is 33.1 Å². The molecule has 1 aromatic carbocycles. The number of hydrogen-bond acceptors (Lipinski definition) is 6. The van der Waals surface area contributed by atoms with Gasteiger partial charge >= 0.3 is 6.01 Å². The van der Waals surface area contributed by atoms with Crippen LogP contribution >= 0.6 is 11.6 Å². The zero-order chi connectivity index (χ0) is 22.9. The van der Waals surface area contributed by atoms with Gasteiger partial charge in [0.1, 0.15) is 0 Å². The highest BCUT2D eigenvalue weighted by molar-refractivity contribution is 7.90. The number of carbonyl (C=O) groups excluding carboxylic acids is 1. The molecule has 2 heterocycles. The van der Waals surface area contributed by atoms with E-state index in [1.165, 1.54) is 0 Å². The fraction of sp³-hybridized carbons (Fsp3) is 0.409. The summed E-state index contributed by atoms with van der Waals surface area (Å²) in [6, 6.07) is 6.83. The maximum Gasteiger partial charge on any atom is 0.322 e. The fourth-order valence-corrected chi connectivity index (χ4v) is 6.42. The monoisotopic (exact) mass is 476 g/mol. The van der Waals surface area contributed by atoms with Gasteiger partial charge in [0.05, 0.1) is 5.25 Å². The summed E-state index contributed by atoms with van der Waals surface area (Å²) in [5.74, 6) is -0.547. The minimum absolute atomic E-state index is 0.00427. The number of rotatable bonds is 5. The van der Waals surface area contributed by atoms with Gasteiger partial charge in [-0.15, -0.1) is 5.10 Å². The van der Waals surface area contributed by atoms with Gasteiger partial charge in [-0.25, -0.2) is 8.42 Å². The van der Waals surface area contributed by atoms with Crippen molar-refractivity contribution in [3.63, 3.8) is 0 Å². The third kappa shape index (κ3) is 4.65. The number of halogens is 1. The number of nitrogens with one attached hydrogen (secondary N) is 1. The van der Waals surface area contributed by atoms with Crippen molar-refractivity contribution in [1.29, 1.82) is 0 Å². The molecule has 170 valence electrons. The predicted molar refractivity (Wildman–Crippen MR) is 122 cm³/mol. The SMILES string of the molecule is CC1C=C(C(=O)Nc2nnc(-c3ccc(Cl)cc3)o2)C=CC1S(=O)(=O)N1CCCC[C@H]1C. The van der Waals surface area contributed by atoms with Crippen molar-refractivity contribution >= 4 is 33.5 Å². The Bertz CT molecular complexity index is 1160. The average Bonchev–Trinajstić information content (AvgIpc) is 3.22. The Morgan fingerprint density at radius 3 is 2.62 bits per heavy atom. The number of piperidine rings is 1. The van der Waals surface area contributed by atoms with Crippen LogP contribution in [0.25, 0.3) is 11.5 Å². The Balaban J connectivity index is 1.44. The van der Waals surface area contributed by atoms with Crippen molar-refractivity contribution in [1.82, 2.24) is 14.5 Å². The molecular formula is C22H25ClN4O4S. The van der Waals surface area contributed by atoms with E-state index in [1.54, 1.807) is 53.7 Å². The lowest BCUT2D eigenvalue weighted by molar-refractivity contribution is -0.112. The lowest BCUT2D eigenvalue weighted by Gasteiger charge is -2.36. The predicted octanol–water partition coefficient (Wildman–Crippen LogP) is 4.03.